The first-order valence-corrected chi connectivity index (χ1v) is 6.37. The Kier molecular flexibility index (Phi) is 5.65. The normalized spacial score (nSPS) is 11.6. The third-order valence-electron chi connectivity index (χ3n) is 2.41. The summed E-state index contributed by atoms with van der Waals surface area (Å²) in [6.07, 6.45) is 1.22. The molecule has 8 nitrogen and oxygen atoms in total. The Morgan fingerprint density at radius 2 is 1.81 bits per heavy atom. The van der Waals surface area contributed by atoms with Gasteiger partial charge in [0.1, 0.15) is 11.7 Å². The second kappa shape index (κ2) is 7.22. The summed E-state index contributed by atoms with van der Waals surface area (Å²) in [5.74, 6) is -1.44. The first-order chi connectivity index (χ1) is 9.79. The number of rotatable bonds is 5. The van der Waals surface area contributed by atoms with Crippen LogP contribution in [0.3, 0.4) is 0 Å². The first-order valence-electron chi connectivity index (χ1n) is 6.37. The largest absolute Gasteiger partial charge is 0.477 e. The molecule has 0 fully saturated rings. The number of carbonyl (C=O) groups excluding carboxylic acids is 2. The van der Waals surface area contributed by atoms with Crippen LogP contribution in [0.1, 0.15) is 31.3 Å². The molecule has 1 rings (SSSR count). The molecular weight excluding hydrogens is 276 g/mol. The molecule has 1 aromatic heterocycles. The summed E-state index contributed by atoms with van der Waals surface area (Å²) in [4.78, 5) is 37.6. The van der Waals surface area contributed by atoms with E-state index in [1.807, 2.05) is 13.8 Å². The van der Waals surface area contributed by atoms with Gasteiger partial charge in [-0.1, -0.05) is 0 Å². The molecule has 21 heavy (non-hydrogen) atoms. The molecule has 0 spiro atoms. The van der Waals surface area contributed by atoms with E-state index in [2.05, 4.69) is 20.9 Å². The van der Waals surface area contributed by atoms with E-state index in [0.29, 0.717) is 5.69 Å². The third kappa shape index (κ3) is 5.47. The molecule has 0 aliphatic carbocycles. The van der Waals surface area contributed by atoms with Gasteiger partial charge in [0.2, 0.25) is 5.91 Å². The minimum absolute atomic E-state index is 0.0161. The van der Waals surface area contributed by atoms with Gasteiger partial charge in [-0.15, -0.1) is 0 Å². The lowest BCUT2D eigenvalue weighted by atomic mass is 10.3. The average Bonchev–Trinajstić information content (AvgIpc) is 2.38. The summed E-state index contributed by atoms with van der Waals surface area (Å²) >= 11 is 0. The van der Waals surface area contributed by atoms with Gasteiger partial charge in [-0.3, -0.25) is 4.79 Å². The number of anilines is 1. The molecule has 1 atom stereocenters. The average molecular weight is 294 g/mol. The van der Waals surface area contributed by atoms with Crippen molar-refractivity contribution in [3.05, 3.63) is 24.0 Å². The fourth-order valence-electron chi connectivity index (χ4n) is 1.43. The van der Waals surface area contributed by atoms with Crippen LogP contribution in [0.15, 0.2) is 18.3 Å². The van der Waals surface area contributed by atoms with Crippen molar-refractivity contribution >= 4 is 23.6 Å². The van der Waals surface area contributed by atoms with Crippen LogP contribution in [0.2, 0.25) is 0 Å². The van der Waals surface area contributed by atoms with Crippen LogP contribution >= 0.6 is 0 Å². The van der Waals surface area contributed by atoms with Gasteiger partial charge in [-0.25, -0.2) is 14.6 Å². The van der Waals surface area contributed by atoms with Crippen molar-refractivity contribution in [2.24, 2.45) is 0 Å². The van der Waals surface area contributed by atoms with Crippen LogP contribution in [0.5, 0.6) is 0 Å². The van der Waals surface area contributed by atoms with Crippen LogP contribution in [0, 0.1) is 0 Å². The monoisotopic (exact) mass is 294 g/mol. The number of amides is 3. The van der Waals surface area contributed by atoms with Crippen molar-refractivity contribution in [2.45, 2.75) is 32.9 Å². The molecule has 114 valence electrons. The highest BCUT2D eigenvalue weighted by atomic mass is 16.4. The number of aromatic nitrogens is 1. The van der Waals surface area contributed by atoms with Gasteiger partial charge in [0.05, 0.1) is 11.9 Å². The lowest BCUT2D eigenvalue weighted by molar-refractivity contribution is -0.123. The highest BCUT2D eigenvalue weighted by molar-refractivity contribution is 5.93. The number of pyridine rings is 1. The summed E-state index contributed by atoms with van der Waals surface area (Å²) in [6.45, 7) is 5.20. The van der Waals surface area contributed by atoms with Gasteiger partial charge in [0.25, 0.3) is 0 Å². The summed E-state index contributed by atoms with van der Waals surface area (Å²) in [7, 11) is 0. The maximum absolute atomic E-state index is 11.7. The molecule has 0 saturated carbocycles. The Labute approximate surface area is 121 Å². The highest BCUT2D eigenvalue weighted by Gasteiger charge is 2.16. The van der Waals surface area contributed by atoms with Crippen molar-refractivity contribution in [2.75, 3.05) is 5.32 Å². The maximum Gasteiger partial charge on any atom is 0.354 e. The van der Waals surface area contributed by atoms with E-state index in [0.717, 1.165) is 0 Å². The van der Waals surface area contributed by atoms with Crippen LogP contribution in [0.25, 0.3) is 0 Å². The Balaban J connectivity index is 2.53. The van der Waals surface area contributed by atoms with E-state index in [1.54, 1.807) is 6.92 Å². The number of hydrogen-bond acceptors (Lipinski definition) is 4. The molecule has 4 N–H and O–H groups in total. The predicted octanol–water partition coefficient (Wildman–Crippen LogP) is 0.814. The second-order valence-corrected chi connectivity index (χ2v) is 4.72. The molecule has 0 aliphatic rings. The van der Waals surface area contributed by atoms with E-state index < -0.39 is 18.0 Å². The Morgan fingerprint density at radius 3 is 2.29 bits per heavy atom. The zero-order chi connectivity index (χ0) is 16.0. The van der Waals surface area contributed by atoms with E-state index in [-0.39, 0.29) is 17.6 Å². The van der Waals surface area contributed by atoms with Gasteiger partial charge in [-0.2, -0.15) is 0 Å². The number of hydrogen-bond donors (Lipinski definition) is 4. The topological polar surface area (TPSA) is 120 Å². The first kappa shape index (κ1) is 16.4. The molecular formula is C13H18N4O4. The summed E-state index contributed by atoms with van der Waals surface area (Å²) in [6, 6.07) is 1.39. The zero-order valence-corrected chi connectivity index (χ0v) is 12.0. The van der Waals surface area contributed by atoms with Gasteiger partial charge in [0, 0.05) is 6.04 Å². The van der Waals surface area contributed by atoms with Gasteiger partial charge in [-0.05, 0) is 32.9 Å². The molecule has 1 heterocycles. The molecule has 1 unspecified atom stereocenters. The predicted molar refractivity (Wildman–Crippen MR) is 76.1 cm³/mol. The zero-order valence-electron chi connectivity index (χ0n) is 12.0. The van der Waals surface area contributed by atoms with E-state index >= 15 is 0 Å². The summed E-state index contributed by atoms with van der Waals surface area (Å²) in [5.41, 5.74) is 0.208. The van der Waals surface area contributed by atoms with E-state index in [9.17, 15) is 14.4 Å². The lowest BCUT2D eigenvalue weighted by Gasteiger charge is -2.16. The number of carbonyl (C=O) groups is 3. The quantitative estimate of drug-likeness (QED) is 0.640. The molecule has 1 aromatic rings. The number of aromatic carboxylic acids is 1. The molecule has 0 aliphatic heterocycles. The number of nitrogens with zero attached hydrogens (tertiary/aromatic N) is 1. The number of urea groups is 1. The third-order valence-corrected chi connectivity index (χ3v) is 2.41. The smallest absolute Gasteiger partial charge is 0.354 e. The second-order valence-electron chi connectivity index (χ2n) is 4.72. The summed E-state index contributed by atoms with van der Waals surface area (Å²) in [5, 5.41) is 16.3. The standard InChI is InChI=1S/C13H18N4O4/c1-7(2)15-11(18)8(3)16-13(21)17-9-4-5-10(12(19)20)14-6-9/h4-8H,1-3H3,(H,15,18)(H,19,20)(H2,16,17,21). The Morgan fingerprint density at radius 1 is 1.14 bits per heavy atom. The van der Waals surface area contributed by atoms with Crippen molar-refractivity contribution in [3.8, 4) is 0 Å². The van der Waals surface area contributed by atoms with E-state index in [4.69, 9.17) is 5.11 Å². The number of carboxylic acid groups (broad SMARTS) is 1. The van der Waals surface area contributed by atoms with Crippen molar-refractivity contribution in [3.63, 3.8) is 0 Å². The van der Waals surface area contributed by atoms with Crippen LogP contribution in [-0.4, -0.2) is 40.1 Å². The minimum atomic E-state index is -1.15. The highest BCUT2D eigenvalue weighted by Crippen LogP contribution is 2.06. The minimum Gasteiger partial charge on any atom is -0.477 e. The van der Waals surface area contributed by atoms with Crippen LogP contribution in [-0.2, 0) is 4.79 Å². The molecule has 0 radical (unpaired) electrons. The lowest BCUT2D eigenvalue weighted by Crippen LogP contribution is -2.48. The molecule has 3 amide bonds. The van der Waals surface area contributed by atoms with Crippen molar-refractivity contribution in [1.82, 2.24) is 15.6 Å². The Bertz CT molecular complexity index is 527. The summed E-state index contributed by atoms with van der Waals surface area (Å²) < 4.78 is 0. The number of nitrogens with one attached hydrogen (secondary N) is 3. The maximum atomic E-state index is 11.7. The van der Waals surface area contributed by atoms with Crippen LogP contribution in [0.4, 0.5) is 10.5 Å². The van der Waals surface area contributed by atoms with Crippen molar-refractivity contribution in [1.29, 1.82) is 0 Å². The fraction of sp³-hybridized carbons (Fsp3) is 0.385. The molecule has 0 saturated heterocycles. The van der Waals surface area contributed by atoms with Crippen molar-refractivity contribution < 1.29 is 19.5 Å². The molecule has 0 aromatic carbocycles. The van der Waals surface area contributed by atoms with Gasteiger partial charge < -0.3 is 21.1 Å². The molecule has 8 heteroatoms. The fourth-order valence-corrected chi connectivity index (χ4v) is 1.43. The van der Waals surface area contributed by atoms with Crippen LogP contribution < -0.4 is 16.0 Å². The Hall–Kier alpha value is -2.64. The van der Waals surface area contributed by atoms with Gasteiger partial charge >= 0.3 is 12.0 Å². The molecule has 0 bridgehead atoms. The number of carboxylic acids is 1. The SMILES string of the molecule is CC(C)NC(=O)C(C)NC(=O)Nc1ccc(C(=O)O)nc1. The van der Waals surface area contributed by atoms with E-state index in [1.165, 1.54) is 18.3 Å². The van der Waals surface area contributed by atoms with Gasteiger partial charge in [0.15, 0.2) is 0 Å².